The van der Waals surface area contributed by atoms with E-state index in [0.717, 1.165) is 12.3 Å². The van der Waals surface area contributed by atoms with Crippen LogP contribution < -0.4 is 5.32 Å². The number of nitrogens with one attached hydrogen (secondary N) is 1. The Morgan fingerprint density at radius 3 is 2.54 bits per heavy atom. The number of rotatable bonds is 5. The molecule has 0 unspecified atom stereocenters. The van der Waals surface area contributed by atoms with Crippen molar-refractivity contribution in [1.82, 2.24) is 5.32 Å². The maximum absolute atomic E-state index is 10.2. The van der Waals surface area contributed by atoms with E-state index in [1.807, 2.05) is 0 Å². The molecule has 2 heteroatoms. The SMILES string of the molecule is CCCCC1CCC(NC=O)CC1. The van der Waals surface area contributed by atoms with Crippen LogP contribution in [-0.4, -0.2) is 12.5 Å². The molecule has 1 rings (SSSR count). The summed E-state index contributed by atoms with van der Waals surface area (Å²) in [6.07, 6.45) is 9.92. The summed E-state index contributed by atoms with van der Waals surface area (Å²) in [5.41, 5.74) is 0. The fourth-order valence-corrected chi connectivity index (χ4v) is 2.21. The number of hydrogen-bond donors (Lipinski definition) is 1. The molecule has 1 fully saturated rings. The van der Waals surface area contributed by atoms with Gasteiger partial charge in [0.1, 0.15) is 0 Å². The lowest BCUT2D eigenvalue weighted by Crippen LogP contribution is -2.32. The smallest absolute Gasteiger partial charge is 0.207 e. The van der Waals surface area contributed by atoms with E-state index >= 15 is 0 Å². The van der Waals surface area contributed by atoms with Crippen LogP contribution in [0.4, 0.5) is 0 Å². The first-order valence-corrected chi connectivity index (χ1v) is 5.56. The second-order valence-corrected chi connectivity index (χ2v) is 4.14. The van der Waals surface area contributed by atoms with Crippen LogP contribution in [0.3, 0.4) is 0 Å². The van der Waals surface area contributed by atoms with Gasteiger partial charge in [-0.05, 0) is 31.6 Å². The Labute approximate surface area is 81.1 Å². The first-order chi connectivity index (χ1) is 6.36. The van der Waals surface area contributed by atoms with Crippen molar-refractivity contribution in [2.75, 3.05) is 0 Å². The van der Waals surface area contributed by atoms with Crippen LogP contribution in [0, 0.1) is 5.92 Å². The summed E-state index contributed by atoms with van der Waals surface area (Å²) >= 11 is 0. The van der Waals surface area contributed by atoms with Crippen molar-refractivity contribution < 1.29 is 4.79 Å². The lowest BCUT2D eigenvalue weighted by molar-refractivity contribution is -0.110. The Bertz CT molecular complexity index is 139. The summed E-state index contributed by atoms with van der Waals surface area (Å²) in [4.78, 5) is 10.2. The van der Waals surface area contributed by atoms with E-state index in [1.165, 1.54) is 44.9 Å². The summed E-state index contributed by atoms with van der Waals surface area (Å²) < 4.78 is 0. The molecule has 0 radical (unpaired) electrons. The molecular weight excluding hydrogens is 162 g/mol. The molecule has 0 aromatic carbocycles. The third kappa shape index (κ3) is 3.79. The van der Waals surface area contributed by atoms with Gasteiger partial charge in [-0.15, -0.1) is 0 Å². The topological polar surface area (TPSA) is 29.1 Å². The van der Waals surface area contributed by atoms with Crippen molar-refractivity contribution in [1.29, 1.82) is 0 Å². The lowest BCUT2D eigenvalue weighted by Gasteiger charge is -2.27. The molecule has 2 nitrogen and oxygen atoms in total. The van der Waals surface area contributed by atoms with Crippen LogP contribution in [0.1, 0.15) is 51.9 Å². The van der Waals surface area contributed by atoms with Crippen molar-refractivity contribution in [3.63, 3.8) is 0 Å². The Morgan fingerprint density at radius 1 is 1.31 bits per heavy atom. The number of hydrogen-bond acceptors (Lipinski definition) is 1. The Hall–Kier alpha value is -0.530. The van der Waals surface area contributed by atoms with Crippen molar-refractivity contribution >= 4 is 6.41 Å². The second kappa shape index (κ2) is 6.01. The van der Waals surface area contributed by atoms with Gasteiger partial charge in [-0.3, -0.25) is 4.79 Å². The van der Waals surface area contributed by atoms with Crippen molar-refractivity contribution in [2.24, 2.45) is 5.92 Å². The largest absolute Gasteiger partial charge is 0.356 e. The highest BCUT2D eigenvalue weighted by molar-refractivity contribution is 5.46. The molecular formula is C11H21NO. The average Bonchev–Trinajstić information content (AvgIpc) is 2.17. The minimum atomic E-state index is 0.468. The molecule has 1 aliphatic carbocycles. The van der Waals surface area contributed by atoms with Gasteiger partial charge in [0.15, 0.2) is 0 Å². The summed E-state index contributed by atoms with van der Waals surface area (Å²) in [5, 5.41) is 2.88. The third-order valence-corrected chi connectivity index (χ3v) is 3.12. The average molecular weight is 183 g/mol. The summed E-state index contributed by atoms with van der Waals surface area (Å²) in [6.45, 7) is 2.25. The molecule has 1 amide bonds. The summed E-state index contributed by atoms with van der Waals surface area (Å²) in [7, 11) is 0. The summed E-state index contributed by atoms with van der Waals surface area (Å²) in [5.74, 6) is 0.935. The molecule has 76 valence electrons. The van der Waals surface area contributed by atoms with Crippen LogP contribution in [0.2, 0.25) is 0 Å². The van der Waals surface area contributed by atoms with Crippen molar-refractivity contribution in [3.8, 4) is 0 Å². The molecule has 0 saturated heterocycles. The molecule has 1 saturated carbocycles. The van der Waals surface area contributed by atoms with E-state index in [2.05, 4.69) is 12.2 Å². The minimum Gasteiger partial charge on any atom is -0.356 e. The highest BCUT2D eigenvalue weighted by Crippen LogP contribution is 2.27. The van der Waals surface area contributed by atoms with E-state index in [0.29, 0.717) is 6.04 Å². The highest BCUT2D eigenvalue weighted by atomic mass is 16.1. The molecule has 1 N–H and O–H groups in total. The van der Waals surface area contributed by atoms with Gasteiger partial charge in [0, 0.05) is 6.04 Å². The number of carbonyl (C=O) groups is 1. The zero-order chi connectivity index (χ0) is 9.52. The van der Waals surface area contributed by atoms with E-state index in [-0.39, 0.29) is 0 Å². The fourth-order valence-electron chi connectivity index (χ4n) is 2.21. The van der Waals surface area contributed by atoms with Crippen molar-refractivity contribution in [3.05, 3.63) is 0 Å². The van der Waals surface area contributed by atoms with Gasteiger partial charge in [0.2, 0.25) is 6.41 Å². The molecule has 0 atom stereocenters. The van der Waals surface area contributed by atoms with E-state index in [4.69, 9.17) is 0 Å². The van der Waals surface area contributed by atoms with Gasteiger partial charge in [0.25, 0.3) is 0 Å². The standard InChI is InChI=1S/C11H21NO/c1-2-3-4-10-5-7-11(8-6-10)12-9-13/h9-11H,2-8H2,1H3,(H,12,13). The maximum Gasteiger partial charge on any atom is 0.207 e. The highest BCUT2D eigenvalue weighted by Gasteiger charge is 2.19. The van der Waals surface area contributed by atoms with Crippen LogP contribution in [-0.2, 0) is 4.79 Å². The first-order valence-electron chi connectivity index (χ1n) is 5.56. The normalized spacial score (nSPS) is 28.4. The van der Waals surface area contributed by atoms with E-state index in [9.17, 15) is 4.79 Å². The zero-order valence-corrected chi connectivity index (χ0v) is 8.59. The Kier molecular flexibility index (Phi) is 4.87. The Balaban J connectivity index is 2.11. The minimum absolute atomic E-state index is 0.468. The van der Waals surface area contributed by atoms with Gasteiger partial charge in [0.05, 0.1) is 0 Å². The van der Waals surface area contributed by atoms with Gasteiger partial charge < -0.3 is 5.32 Å². The molecule has 0 aliphatic heterocycles. The van der Waals surface area contributed by atoms with Crippen LogP contribution in [0.5, 0.6) is 0 Å². The van der Waals surface area contributed by atoms with Crippen LogP contribution in [0.25, 0.3) is 0 Å². The predicted molar refractivity (Wildman–Crippen MR) is 54.5 cm³/mol. The first kappa shape index (κ1) is 10.6. The fraction of sp³-hybridized carbons (Fsp3) is 0.909. The van der Waals surface area contributed by atoms with Gasteiger partial charge in [-0.2, -0.15) is 0 Å². The van der Waals surface area contributed by atoms with Gasteiger partial charge in [-0.1, -0.05) is 26.2 Å². The Morgan fingerprint density at radius 2 is 2.00 bits per heavy atom. The zero-order valence-electron chi connectivity index (χ0n) is 8.59. The van der Waals surface area contributed by atoms with Crippen molar-refractivity contribution in [2.45, 2.75) is 57.9 Å². The van der Waals surface area contributed by atoms with Crippen LogP contribution >= 0.6 is 0 Å². The number of carbonyl (C=O) groups excluding carboxylic acids is 1. The third-order valence-electron chi connectivity index (χ3n) is 3.12. The molecule has 0 spiro atoms. The maximum atomic E-state index is 10.2. The monoisotopic (exact) mass is 183 g/mol. The van der Waals surface area contributed by atoms with Gasteiger partial charge in [-0.25, -0.2) is 0 Å². The second-order valence-electron chi connectivity index (χ2n) is 4.14. The molecule has 1 aliphatic rings. The van der Waals surface area contributed by atoms with E-state index in [1.54, 1.807) is 0 Å². The molecule has 0 bridgehead atoms. The number of unbranched alkanes of at least 4 members (excludes halogenated alkanes) is 1. The summed E-state index contributed by atoms with van der Waals surface area (Å²) in [6, 6.07) is 0.468. The van der Waals surface area contributed by atoms with E-state index < -0.39 is 0 Å². The lowest BCUT2D eigenvalue weighted by atomic mass is 9.83. The van der Waals surface area contributed by atoms with Crippen LogP contribution in [0.15, 0.2) is 0 Å². The molecule has 0 heterocycles. The molecule has 0 aromatic heterocycles. The quantitative estimate of drug-likeness (QED) is 0.652. The predicted octanol–water partition coefficient (Wildman–Crippen LogP) is 2.48. The molecule has 13 heavy (non-hydrogen) atoms. The number of amides is 1. The molecule has 0 aromatic rings. The van der Waals surface area contributed by atoms with Gasteiger partial charge >= 0.3 is 0 Å².